The summed E-state index contributed by atoms with van der Waals surface area (Å²) >= 11 is 3.44. The van der Waals surface area contributed by atoms with E-state index in [0.717, 1.165) is 21.2 Å². The number of ketones is 1. The molecule has 1 atom stereocenters. The molecule has 5 heteroatoms. The number of halogens is 1. The number of benzene rings is 3. The lowest BCUT2D eigenvalue weighted by Crippen LogP contribution is -2.42. The fraction of sp³-hybridized carbons (Fsp3) is 0.231. The molecule has 1 aliphatic heterocycles. The number of Topliss-reactive ketones (excluding diaryl/α,β-unsaturated/α-hetero) is 1. The van der Waals surface area contributed by atoms with Crippen LogP contribution in [-0.4, -0.2) is 23.3 Å². The van der Waals surface area contributed by atoms with Crippen LogP contribution in [0, 0.1) is 13.8 Å². The van der Waals surface area contributed by atoms with Gasteiger partial charge < -0.3 is 10.0 Å². The molecule has 4 rings (SSSR count). The highest BCUT2D eigenvalue weighted by Crippen LogP contribution is 2.44. The largest absolute Gasteiger partial charge is 0.375 e. The van der Waals surface area contributed by atoms with Crippen LogP contribution in [0.15, 0.2) is 71.2 Å². The summed E-state index contributed by atoms with van der Waals surface area (Å²) in [4.78, 5) is 28.2. The Morgan fingerprint density at radius 2 is 1.77 bits per heavy atom. The Balaban J connectivity index is 1.66. The second-order valence-corrected chi connectivity index (χ2v) is 9.05. The summed E-state index contributed by atoms with van der Waals surface area (Å²) < 4.78 is 0.751. The number of fused-ring (bicyclic) bond motifs is 1. The van der Waals surface area contributed by atoms with E-state index < -0.39 is 11.5 Å². The van der Waals surface area contributed by atoms with Crippen molar-refractivity contribution in [2.24, 2.45) is 0 Å². The third kappa shape index (κ3) is 4.08. The average molecular weight is 478 g/mol. The van der Waals surface area contributed by atoms with E-state index in [-0.39, 0.29) is 12.2 Å². The SMILES string of the molecule is Cc1ccc(C(=O)C[C@@]2(O)C(=O)N(CCc3ccccc3)c3ccc(Br)cc32)c(C)c1. The zero-order valence-corrected chi connectivity index (χ0v) is 19.1. The molecule has 1 N–H and O–H groups in total. The summed E-state index contributed by atoms with van der Waals surface area (Å²) in [5.41, 5.74) is 2.78. The molecule has 3 aromatic carbocycles. The number of carbonyl (C=O) groups is 2. The highest BCUT2D eigenvalue weighted by Gasteiger charge is 2.51. The fourth-order valence-electron chi connectivity index (χ4n) is 4.26. The van der Waals surface area contributed by atoms with Crippen LogP contribution in [0.2, 0.25) is 0 Å². The molecule has 0 spiro atoms. The van der Waals surface area contributed by atoms with Crippen LogP contribution >= 0.6 is 15.9 Å². The summed E-state index contributed by atoms with van der Waals surface area (Å²) in [5, 5.41) is 11.5. The number of amides is 1. The minimum Gasteiger partial charge on any atom is -0.375 e. The average Bonchev–Trinajstić information content (AvgIpc) is 2.93. The minimum atomic E-state index is -1.88. The van der Waals surface area contributed by atoms with Gasteiger partial charge in [0.1, 0.15) is 0 Å². The van der Waals surface area contributed by atoms with Gasteiger partial charge in [-0.15, -0.1) is 0 Å². The van der Waals surface area contributed by atoms with E-state index in [1.54, 1.807) is 17.0 Å². The Kier molecular flexibility index (Phi) is 5.82. The quantitative estimate of drug-likeness (QED) is 0.501. The van der Waals surface area contributed by atoms with Crippen LogP contribution in [-0.2, 0) is 16.8 Å². The Labute approximate surface area is 190 Å². The maximum atomic E-state index is 13.4. The first-order valence-corrected chi connectivity index (χ1v) is 11.1. The topological polar surface area (TPSA) is 57.6 Å². The van der Waals surface area contributed by atoms with Crippen molar-refractivity contribution in [3.63, 3.8) is 0 Å². The van der Waals surface area contributed by atoms with E-state index in [4.69, 9.17) is 0 Å². The Hall–Kier alpha value is -2.76. The molecule has 0 saturated heterocycles. The lowest BCUT2D eigenvalue weighted by atomic mass is 9.87. The molecule has 1 amide bonds. The van der Waals surface area contributed by atoms with Gasteiger partial charge in [-0.3, -0.25) is 9.59 Å². The van der Waals surface area contributed by atoms with Crippen molar-refractivity contribution >= 4 is 33.3 Å². The number of anilines is 1. The van der Waals surface area contributed by atoms with E-state index >= 15 is 0 Å². The predicted molar refractivity (Wildman–Crippen MR) is 125 cm³/mol. The standard InChI is InChI=1S/C26H24BrNO3/c1-17-8-10-21(18(2)14-17)24(29)16-26(31)22-15-20(27)9-11-23(22)28(25(26)30)13-12-19-6-4-3-5-7-19/h3-11,14-15,31H,12-13,16H2,1-2H3/t26-/m0/s1. The van der Waals surface area contributed by atoms with Gasteiger partial charge in [-0.2, -0.15) is 0 Å². The molecule has 4 nitrogen and oxygen atoms in total. The number of aryl methyl sites for hydroxylation is 2. The number of aliphatic hydroxyl groups is 1. The molecular weight excluding hydrogens is 454 g/mol. The van der Waals surface area contributed by atoms with Crippen LogP contribution in [0.4, 0.5) is 5.69 Å². The summed E-state index contributed by atoms with van der Waals surface area (Å²) in [6, 6.07) is 20.9. The third-order valence-corrected chi connectivity index (χ3v) is 6.35. The molecule has 1 aliphatic rings. The van der Waals surface area contributed by atoms with Crippen LogP contribution in [0.25, 0.3) is 0 Å². The van der Waals surface area contributed by atoms with Gasteiger partial charge >= 0.3 is 0 Å². The first-order valence-electron chi connectivity index (χ1n) is 10.3. The van der Waals surface area contributed by atoms with Gasteiger partial charge in [-0.25, -0.2) is 0 Å². The van der Waals surface area contributed by atoms with Gasteiger partial charge in [0.25, 0.3) is 5.91 Å². The van der Waals surface area contributed by atoms with Gasteiger partial charge in [0, 0.05) is 22.1 Å². The highest BCUT2D eigenvalue weighted by atomic mass is 79.9. The molecule has 0 bridgehead atoms. The van der Waals surface area contributed by atoms with E-state index in [0.29, 0.717) is 29.8 Å². The summed E-state index contributed by atoms with van der Waals surface area (Å²) in [5.74, 6) is -0.696. The van der Waals surface area contributed by atoms with Crippen molar-refractivity contribution in [1.29, 1.82) is 0 Å². The third-order valence-electron chi connectivity index (χ3n) is 5.86. The van der Waals surface area contributed by atoms with E-state index in [9.17, 15) is 14.7 Å². The van der Waals surface area contributed by atoms with Gasteiger partial charge in [-0.05, 0) is 49.6 Å². The molecule has 0 aromatic heterocycles. The maximum Gasteiger partial charge on any atom is 0.264 e. The van der Waals surface area contributed by atoms with Crippen molar-refractivity contribution in [3.8, 4) is 0 Å². The minimum absolute atomic E-state index is 0.246. The molecular formula is C26H24BrNO3. The highest BCUT2D eigenvalue weighted by molar-refractivity contribution is 9.10. The van der Waals surface area contributed by atoms with Crippen molar-refractivity contribution < 1.29 is 14.7 Å². The van der Waals surface area contributed by atoms with Crippen LogP contribution in [0.5, 0.6) is 0 Å². The molecule has 31 heavy (non-hydrogen) atoms. The molecule has 0 radical (unpaired) electrons. The fourth-order valence-corrected chi connectivity index (χ4v) is 4.62. The first-order chi connectivity index (χ1) is 14.8. The Morgan fingerprint density at radius 1 is 1.03 bits per heavy atom. The monoisotopic (exact) mass is 477 g/mol. The predicted octanol–water partition coefficient (Wildman–Crippen LogP) is 5.12. The Morgan fingerprint density at radius 3 is 2.48 bits per heavy atom. The summed E-state index contributed by atoms with van der Waals surface area (Å²) in [7, 11) is 0. The van der Waals surface area contributed by atoms with Gasteiger partial charge in [0.05, 0.1) is 12.1 Å². The zero-order valence-electron chi connectivity index (χ0n) is 17.6. The molecule has 158 valence electrons. The molecule has 0 fully saturated rings. The zero-order chi connectivity index (χ0) is 22.2. The van der Waals surface area contributed by atoms with Crippen molar-refractivity contribution in [1.82, 2.24) is 0 Å². The van der Waals surface area contributed by atoms with Crippen molar-refractivity contribution in [2.45, 2.75) is 32.3 Å². The number of hydrogen-bond acceptors (Lipinski definition) is 3. The number of nitrogens with zero attached hydrogens (tertiary/aromatic N) is 1. The molecule has 0 saturated carbocycles. The van der Waals surface area contributed by atoms with Crippen molar-refractivity contribution in [3.05, 3.63) is 99.0 Å². The lowest BCUT2D eigenvalue weighted by Gasteiger charge is -2.23. The summed E-state index contributed by atoms with van der Waals surface area (Å²) in [6.07, 6.45) is 0.365. The normalized spacial score (nSPS) is 17.7. The molecule has 3 aromatic rings. The van der Waals surface area contributed by atoms with E-state index in [1.807, 2.05) is 68.4 Å². The first kappa shape index (κ1) is 21.5. The number of carbonyl (C=O) groups excluding carboxylic acids is 2. The number of hydrogen-bond donors (Lipinski definition) is 1. The second-order valence-electron chi connectivity index (χ2n) is 8.13. The molecule has 0 aliphatic carbocycles. The van der Waals surface area contributed by atoms with Crippen LogP contribution in [0.1, 0.15) is 39.0 Å². The Bertz CT molecular complexity index is 1160. The molecule has 0 unspecified atom stereocenters. The molecule has 1 heterocycles. The van der Waals surface area contributed by atoms with E-state index in [2.05, 4.69) is 15.9 Å². The van der Waals surface area contributed by atoms with E-state index in [1.165, 1.54) is 0 Å². The van der Waals surface area contributed by atoms with Crippen LogP contribution in [0.3, 0.4) is 0 Å². The smallest absolute Gasteiger partial charge is 0.264 e. The summed E-state index contributed by atoms with van der Waals surface area (Å²) in [6.45, 7) is 4.27. The maximum absolute atomic E-state index is 13.4. The van der Waals surface area contributed by atoms with Gasteiger partial charge in [-0.1, -0.05) is 70.0 Å². The van der Waals surface area contributed by atoms with Gasteiger partial charge in [0.2, 0.25) is 0 Å². The van der Waals surface area contributed by atoms with Crippen molar-refractivity contribution in [2.75, 3.05) is 11.4 Å². The number of rotatable bonds is 6. The lowest BCUT2D eigenvalue weighted by molar-refractivity contribution is -0.135. The second kappa shape index (κ2) is 8.40. The van der Waals surface area contributed by atoms with Gasteiger partial charge in [0.15, 0.2) is 11.4 Å². The van der Waals surface area contributed by atoms with Crippen LogP contribution < -0.4 is 4.90 Å².